The van der Waals surface area contributed by atoms with Crippen LogP contribution < -0.4 is 11.3 Å². The third-order valence-electron chi connectivity index (χ3n) is 3.55. The molecular formula is C13H17F3N2S. The molecule has 1 aromatic rings. The maximum atomic E-state index is 13.7. The van der Waals surface area contributed by atoms with Crippen molar-refractivity contribution in [3.05, 3.63) is 35.1 Å². The molecular weight excluding hydrogens is 273 g/mol. The van der Waals surface area contributed by atoms with E-state index in [9.17, 15) is 13.2 Å². The first kappa shape index (κ1) is 14.7. The van der Waals surface area contributed by atoms with Crippen molar-refractivity contribution >= 4 is 11.8 Å². The Hall–Kier alpha value is -0.720. The smallest absolute Gasteiger partial charge is 0.194 e. The number of halogens is 3. The lowest BCUT2D eigenvalue weighted by molar-refractivity contribution is 0.357. The molecule has 19 heavy (non-hydrogen) atoms. The van der Waals surface area contributed by atoms with Crippen molar-refractivity contribution in [2.75, 3.05) is 11.5 Å². The summed E-state index contributed by atoms with van der Waals surface area (Å²) in [6.07, 6.45) is 2.74. The summed E-state index contributed by atoms with van der Waals surface area (Å²) in [5, 5.41) is 0. The monoisotopic (exact) mass is 290 g/mol. The van der Waals surface area contributed by atoms with E-state index in [1.54, 1.807) is 0 Å². The van der Waals surface area contributed by atoms with Gasteiger partial charge in [-0.05, 0) is 42.8 Å². The standard InChI is InChI=1S/C13H17F3N2S/c14-10-2-1-9(12(15)13(10)16)11(18-17)7-8-3-5-19-6-4-8/h1-2,8,11,18H,3-7,17H2. The van der Waals surface area contributed by atoms with Gasteiger partial charge in [0, 0.05) is 11.6 Å². The molecule has 1 atom stereocenters. The average Bonchev–Trinajstić information content (AvgIpc) is 2.44. The third-order valence-corrected chi connectivity index (χ3v) is 4.60. The molecule has 0 amide bonds. The number of hydrazine groups is 1. The lowest BCUT2D eigenvalue weighted by Crippen LogP contribution is -2.31. The molecule has 1 aromatic carbocycles. The zero-order chi connectivity index (χ0) is 13.8. The zero-order valence-corrected chi connectivity index (χ0v) is 11.3. The molecule has 0 spiro atoms. The summed E-state index contributed by atoms with van der Waals surface area (Å²) in [5.41, 5.74) is 2.61. The highest BCUT2D eigenvalue weighted by Gasteiger charge is 2.24. The molecule has 2 nitrogen and oxygen atoms in total. The summed E-state index contributed by atoms with van der Waals surface area (Å²) >= 11 is 1.90. The number of benzene rings is 1. The van der Waals surface area contributed by atoms with Gasteiger partial charge in [-0.15, -0.1) is 0 Å². The molecule has 1 unspecified atom stereocenters. The molecule has 106 valence electrons. The van der Waals surface area contributed by atoms with Gasteiger partial charge in [0.25, 0.3) is 0 Å². The molecule has 1 fully saturated rings. The number of nitrogens with one attached hydrogen (secondary N) is 1. The van der Waals surface area contributed by atoms with Gasteiger partial charge in [0.2, 0.25) is 0 Å². The lowest BCUT2D eigenvalue weighted by atomic mass is 9.91. The highest BCUT2D eigenvalue weighted by atomic mass is 32.2. The van der Waals surface area contributed by atoms with Gasteiger partial charge in [-0.25, -0.2) is 13.2 Å². The second-order valence-corrected chi connectivity index (χ2v) is 6.00. The summed E-state index contributed by atoms with van der Waals surface area (Å²) in [6, 6.07) is 1.72. The van der Waals surface area contributed by atoms with Gasteiger partial charge in [0.15, 0.2) is 17.5 Å². The van der Waals surface area contributed by atoms with Crippen LogP contribution in [-0.2, 0) is 0 Å². The van der Waals surface area contributed by atoms with Gasteiger partial charge in [-0.3, -0.25) is 11.3 Å². The predicted octanol–water partition coefficient (Wildman–Crippen LogP) is 3.14. The van der Waals surface area contributed by atoms with Gasteiger partial charge >= 0.3 is 0 Å². The maximum Gasteiger partial charge on any atom is 0.194 e. The van der Waals surface area contributed by atoms with Crippen LogP contribution in [0.3, 0.4) is 0 Å². The molecule has 2 rings (SSSR count). The first-order valence-electron chi connectivity index (χ1n) is 6.30. The fraction of sp³-hybridized carbons (Fsp3) is 0.538. The number of hydrogen-bond acceptors (Lipinski definition) is 3. The van der Waals surface area contributed by atoms with Crippen LogP contribution in [0, 0.1) is 23.4 Å². The Bertz CT molecular complexity index is 436. The van der Waals surface area contributed by atoms with E-state index in [0.717, 1.165) is 30.4 Å². The van der Waals surface area contributed by atoms with E-state index in [1.165, 1.54) is 6.07 Å². The molecule has 1 aliphatic heterocycles. The van der Waals surface area contributed by atoms with Crippen LogP contribution in [0.2, 0.25) is 0 Å². The first-order valence-corrected chi connectivity index (χ1v) is 7.46. The van der Waals surface area contributed by atoms with Crippen molar-refractivity contribution in [2.45, 2.75) is 25.3 Å². The van der Waals surface area contributed by atoms with Crippen LogP contribution in [-0.4, -0.2) is 11.5 Å². The maximum absolute atomic E-state index is 13.7. The zero-order valence-electron chi connectivity index (χ0n) is 10.5. The first-order chi connectivity index (χ1) is 9.13. The second kappa shape index (κ2) is 6.63. The molecule has 0 saturated carbocycles. The largest absolute Gasteiger partial charge is 0.271 e. The summed E-state index contributed by atoms with van der Waals surface area (Å²) in [4.78, 5) is 0. The van der Waals surface area contributed by atoms with Crippen molar-refractivity contribution in [3.63, 3.8) is 0 Å². The van der Waals surface area contributed by atoms with Crippen LogP contribution in [0.15, 0.2) is 12.1 Å². The second-order valence-electron chi connectivity index (χ2n) is 4.78. The van der Waals surface area contributed by atoms with Crippen LogP contribution in [0.25, 0.3) is 0 Å². The summed E-state index contributed by atoms with van der Waals surface area (Å²) < 4.78 is 39.9. The van der Waals surface area contributed by atoms with E-state index < -0.39 is 23.5 Å². The minimum atomic E-state index is -1.43. The van der Waals surface area contributed by atoms with E-state index >= 15 is 0 Å². The molecule has 0 aliphatic carbocycles. The molecule has 0 aromatic heterocycles. The number of thioether (sulfide) groups is 1. The Morgan fingerprint density at radius 1 is 1.21 bits per heavy atom. The molecule has 1 aliphatic rings. The van der Waals surface area contributed by atoms with Gasteiger partial charge in [-0.1, -0.05) is 6.07 Å². The topological polar surface area (TPSA) is 38.0 Å². The number of hydrogen-bond donors (Lipinski definition) is 2. The van der Waals surface area contributed by atoms with E-state index in [-0.39, 0.29) is 5.56 Å². The minimum absolute atomic E-state index is 0.0969. The summed E-state index contributed by atoms with van der Waals surface area (Å²) in [5.74, 6) is 4.30. The summed E-state index contributed by atoms with van der Waals surface area (Å²) in [6.45, 7) is 0. The Morgan fingerprint density at radius 3 is 2.53 bits per heavy atom. The highest BCUT2D eigenvalue weighted by Crippen LogP contribution is 2.32. The minimum Gasteiger partial charge on any atom is -0.271 e. The lowest BCUT2D eigenvalue weighted by Gasteiger charge is -2.26. The van der Waals surface area contributed by atoms with Crippen molar-refractivity contribution < 1.29 is 13.2 Å². The molecule has 6 heteroatoms. The van der Waals surface area contributed by atoms with E-state index in [2.05, 4.69) is 5.43 Å². The molecule has 1 heterocycles. The van der Waals surface area contributed by atoms with E-state index in [0.29, 0.717) is 12.3 Å². The summed E-state index contributed by atoms with van der Waals surface area (Å²) in [7, 11) is 0. The Balaban J connectivity index is 2.14. The number of nitrogens with two attached hydrogens (primary N) is 1. The van der Waals surface area contributed by atoms with E-state index in [1.807, 2.05) is 11.8 Å². The van der Waals surface area contributed by atoms with Crippen LogP contribution in [0.1, 0.15) is 30.9 Å². The van der Waals surface area contributed by atoms with Gasteiger partial charge in [-0.2, -0.15) is 11.8 Å². The molecule has 0 bridgehead atoms. The average molecular weight is 290 g/mol. The molecule has 1 saturated heterocycles. The van der Waals surface area contributed by atoms with Crippen LogP contribution in [0.5, 0.6) is 0 Å². The van der Waals surface area contributed by atoms with Gasteiger partial charge in [0.05, 0.1) is 0 Å². The van der Waals surface area contributed by atoms with Crippen molar-refractivity contribution in [1.82, 2.24) is 5.43 Å². The van der Waals surface area contributed by atoms with Crippen molar-refractivity contribution in [1.29, 1.82) is 0 Å². The number of rotatable bonds is 4. The fourth-order valence-corrected chi connectivity index (χ4v) is 3.61. The van der Waals surface area contributed by atoms with Crippen molar-refractivity contribution in [3.8, 4) is 0 Å². The van der Waals surface area contributed by atoms with Gasteiger partial charge in [0.1, 0.15) is 0 Å². The Labute approximate surface area is 114 Å². The Morgan fingerprint density at radius 2 is 1.89 bits per heavy atom. The van der Waals surface area contributed by atoms with Crippen LogP contribution in [0.4, 0.5) is 13.2 Å². The normalized spacial score (nSPS) is 18.5. The fourth-order valence-electron chi connectivity index (χ4n) is 2.41. The Kier molecular flexibility index (Phi) is 5.13. The highest BCUT2D eigenvalue weighted by molar-refractivity contribution is 7.99. The molecule has 3 N–H and O–H groups in total. The predicted molar refractivity (Wildman–Crippen MR) is 71.0 cm³/mol. The van der Waals surface area contributed by atoms with Crippen molar-refractivity contribution in [2.24, 2.45) is 11.8 Å². The SMILES string of the molecule is NNC(CC1CCSCC1)c1ccc(F)c(F)c1F. The molecule has 0 radical (unpaired) electrons. The quantitative estimate of drug-likeness (QED) is 0.508. The van der Waals surface area contributed by atoms with Gasteiger partial charge < -0.3 is 0 Å². The van der Waals surface area contributed by atoms with Crippen LogP contribution >= 0.6 is 11.8 Å². The van der Waals surface area contributed by atoms with E-state index in [4.69, 9.17) is 5.84 Å². The third kappa shape index (κ3) is 3.43.